The summed E-state index contributed by atoms with van der Waals surface area (Å²) in [6.45, 7) is 9.04. The first-order valence-corrected chi connectivity index (χ1v) is 6.90. The molecule has 2 heteroatoms. The minimum absolute atomic E-state index is 0.161. The SMILES string of the molecule is Cc1ccc2cc(CNCC(C)(C)CN)ccc2c1. The van der Waals surface area contributed by atoms with E-state index in [0.29, 0.717) is 6.54 Å². The van der Waals surface area contributed by atoms with Crippen molar-refractivity contribution in [1.29, 1.82) is 0 Å². The van der Waals surface area contributed by atoms with Gasteiger partial charge in [0.1, 0.15) is 0 Å². The lowest BCUT2D eigenvalue weighted by Crippen LogP contribution is -2.35. The van der Waals surface area contributed by atoms with Crippen molar-refractivity contribution in [2.75, 3.05) is 13.1 Å². The molecule has 0 aliphatic carbocycles. The van der Waals surface area contributed by atoms with Gasteiger partial charge in [0.05, 0.1) is 0 Å². The molecule has 0 bridgehead atoms. The number of nitrogens with two attached hydrogens (primary N) is 1. The molecule has 2 aromatic rings. The lowest BCUT2D eigenvalue weighted by Gasteiger charge is -2.22. The summed E-state index contributed by atoms with van der Waals surface area (Å²) in [6, 6.07) is 13.2. The van der Waals surface area contributed by atoms with E-state index in [1.807, 2.05) is 0 Å². The fraction of sp³-hybridized carbons (Fsp3) is 0.412. The number of benzene rings is 2. The first kappa shape index (κ1) is 14.0. The number of hydrogen-bond donors (Lipinski definition) is 2. The Morgan fingerprint density at radius 3 is 2.47 bits per heavy atom. The van der Waals surface area contributed by atoms with Gasteiger partial charge in [0.2, 0.25) is 0 Å². The lowest BCUT2D eigenvalue weighted by atomic mass is 9.94. The predicted molar refractivity (Wildman–Crippen MR) is 83.2 cm³/mol. The maximum Gasteiger partial charge on any atom is 0.0205 e. The second-order valence-electron chi connectivity index (χ2n) is 6.16. The van der Waals surface area contributed by atoms with Crippen LogP contribution in [0, 0.1) is 12.3 Å². The van der Waals surface area contributed by atoms with Crippen molar-refractivity contribution in [3.8, 4) is 0 Å². The molecule has 0 atom stereocenters. The molecule has 0 aliphatic heterocycles. The largest absolute Gasteiger partial charge is 0.330 e. The monoisotopic (exact) mass is 256 g/mol. The van der Waals surface area contributed by atoms with E-state index in [-0.39, 0.29) is 5.41 Å². The molecule has 0 fully saturated rings. The van der Waals surface area contributed by atoms with E-state index in [2.05, 4.69) is 62.5 Å². The highest BCUT2D eigenvalue weighted by molar-refractivity contribution is 5.83. The van der Waals surface area contributed by atoms with Crippen molar-refractivity contribution in [2.45, 2.75) is 27.3 Å². The molecule has 2 rings (SSSR count). The molecule has 0 heterocycles. The van der Waals surface area contributed by atoms with Gasteiger partial charge in [-0.3, -0.25) is 0 Å². The Balaban J connectivity index is 2.04. The molecular weight excluding hydrogens is 232 g/mol. The summed E-state index contributed by atoms with van der Waals surface area (Å²) in [5, 5.41) is 6.11. The van der Waals surface area contributed by atoms with Gasteiger partial charge >= 0.3 is 0 Å². The van der Waals surface area contributed by atoms with E-state index in [1.165, 1.54) is 21.9 Å². The zero-order chi connectivity index (χ0) is 13.9. The standard InChI is InChI=1S/C17H24N2/c1-13-4-6-16-9-14(5-7-15(16)8-13)10-19-12-17(2,3)11-18/h4-9,19H,10-12,18H2,1-3H3. The predicted octanol–water partition coefficient (Wildman–Crippen LogP) is 3.22. The molecule has 0 saturated heterocycles. The zero-order valence-electron chi connectivity index (χ0n) is 12.2. The van der Waals surface area contributed by atoms with Gasteiger partial charge in [0, 0.05) is 13.1 Å². The van der Waals surface area contributed by atoms with Crippen LogP contribution < -0.4 is 11.1 Å². The van der Waals surface area contributed by atoms with E-state index >= 15 is 0 Å². The topological polar surface area (TPSA) is 38.0 Å². The van der Waals surface area contributed by atoms with E-state index in [0.717, 1.165) is 13.1 Å². The molecule has 0 saturated carbocycles. The van der Waals surface area contributed by atoms with Crippen LogP contribution in [0.4, 0.5) is 0 Å². The van der Waals surface area contributed by atoms with Gasteiger partial charge in [0.25, 0.3) is 0 Å². The summed E-state index contributed by atoms with van der Waals surface area (Å²) in [4.78, 5) is 0. The van der Waals surface area contributed by atoms with Crippen LogP contribution in [-0.2, 0) is 6.54 Å². The maximum atomic E-state index is 5.73. The van der Waals surface area contributed by atoms with Gasteiger partial charge in [-0.15, -0.1) is 0 Å². The number of aryl methyl sites for hydroxylation is 1. The molecule has 0 radical (unpaired) electrons. The van der Waals surface area contributed by atoms with Crippen LogP contribution in [0.15, 0.2) is 36.4 Å². The van der Waals surface area contributed by atoms with Crippen molar-refractivity contribution in [3.05, 3.63) is 47.5 Å². The Morgan fingerprint density at radius 1 is 1.05 bits per heavy atom. The first-order valence-electron chi connectivity index (χ1n) is 6.90. The fourth-order valence-electron chi connectivity index (χ4n) is 2.14. The summed E-state index contributed by atoms with van der Waals surface area (Å²) in [7, 11) is 0. The summed E-state index contributed by atoms with van der Waals surface area (Å²) in [6.07, 6.45) is 0. The minimum atomic E-state index is 0.161. The van der Waals surface area contributed by atoms with Crippen molar-refractivity contribution in [1.82, 2.24) is 5.32 Å². The van der Waals surface area contributed by atoms with Crippen LogP contribution in [0.25, 0.3) is 10.8 Å². The highest BCUT2D eigenvalue weighted by Gasteiger charge is 2.14. The Hall–Kier alpha value is -1.38. The molecule has 3 N–H and O–H groups in total. The second kappa shape index (κ2) is 5.72. The normalized spacial score (nSPS) is 12.0. The highest BCUT2D eigenvalue weighted by atomic mass is 14.9. The molecule has 19 heavy (non-hydrogen) atoms. The van der Waals surface area contributed by atoms with Crippen LogP contribution >= 0.6 is 0 Å². The Morgan fingerprint density at radius 2 is 1.74 bits per heavy atom. The van der Waals surface area contributed by atoms with Gasteiger partial charge in [-0.2, -0.15) is 0 Å². The van der Waals surface area contributed by atoms with Crippen LogP contribution in [0.5, 0.6) is 0 Å². The van der Waals surface area contributed by atoms with Gasteiger partial charge in [-0.1, -0.05) is 49.7 Å². The summed E-state index contributed by atoms with van der Waals surface area (Å²) in [5.41, 5.74) is 8.53. The molecule has 0 unspecified atom stereocenters. The van der Waals surface area contributed by atoms with Crippen LogP contribution in [-0.4, -0.2) is 13.1 Å². The van der Waals surface area contributed by atoms with Gasteiger partial charge in [-0.25, -0.2) is 0 Å². The molecule has 0 amide bonds. The fourth-order valence-corrected chi connectivity index (χ4v) is 2.14. The average Bonchev–Trinajstić information content (AvgIpc) is 2.39. The van der Waals surface area contributed by atoms with Crippen molar-refractivity contribution in [3.63, 3.8) is 0 Å². The summed E-state index contributed by atoms with van der Waals surface area (Å²) < 4.78 is 0. The van der Waals surface area contributed by atoms with Crippen molar-refractivity contribution in [2.24, 2.45) is 11.1 Å². The number of nitrogens with one attached hydrogen (secondary N) is 1. The van der Waals surface area contributed by atoms with Crippen LogP contribution in [0.3, 0.4) is 0 Å². The molecule has 0 aromatic heterocycles. The van der Waals surface area contributed by atoms with E-state index in [9.17, 15) is 0 Å². The quantitative estimate of drug-likeness (QED) is 0.862. The number of hydrogen-bond acceptors (Lipinski definition) is 2. The molecule has 0 aliphatic rings. The number of fused-ring (bicyclic) bond motifs is 1. The Labute approximate surface area is 116 Å². The molecular formula is C17H24N2. The van der Waals surface area contributed by atoms with Crippen LogP contribution in [0.1, 0.15) is 25.0 Å². The lowest BCUT2D eigenvalue weighted by molar-refractivity contribution is 0.351. The van der Waals surface area contributed by atoms with E-state index < -0.39 is 0 Å². The number of rotatable bonds is 5. The van der Waals surface area contributed by atoms with Gasteiger partial charge in [0.15, 0.2) is 0 Å². The second-order valence-corrected chi connectivity index (χ2v) is 6.16. The Kier molecular flexibility index (Phi) is 4.23. The summed E-state index contributed by atoms with van der Waals surface area (Å²) in [5.74, 6) is 0. The van der Waals surface area contributed by atoms with E-state index in [1.54, 1.807) is 0 Å². The Bertz CT molecular complexity index is 558. The minimum Gasteiger partial charge on any atom is -0.330 e. The van der Waals surface area contributed by atoms with Gasteiger partial charge < -0.3 is 11.1 Å². The third kappa shape index (κ3) is 3.79. The first-order chi connectivity index (χ1) is 9.00. The molecule has 2 aromatic carbocycles. The highest BCUT2D eigenvalue weighted by Crippen LogP contribution is 2.18. The maximum absolute atomic E-state index is 5.73. The van der Waals surface area contributed by atoms with Gasteiger partial charge in [-0.05, 0) is 41.3 Å². The average molecular weight is 256 g/mol. The molecule has 2 nitrogen and oxygen atoms in total. The third-order valence-corrected chi connectivity index (χ3v) is 3.55. The van der Waals surface area contributed by atoms with Crippen LogP contribution in [0.2, 0.25) is 0 Å². The molecule has 0 spiro atoms. The van der Waals surface area contributed by atoms with Crippen molar-refractivity contribution < 1.29 is 0 Å². The van der Waals surface area contributed by atoms with E-state index in [4.69, 9.17) is 5.73 Å². The molecule has 102 valence electrons. The van der Waals surface area contributed by atoms with Crippen molar-refractivity contribution >= 4 is 10.8 Å². The zero-order valence-corrected chi connectivity index (χ0v) is 12.2. The summed E-state index contributed by atoms with van der Waals surface area (Å²) >= 11 is 0. The smallest absolute Gasteiger partial charge is 0.0205 e. The third-order valence-electron chi connectivity index (χ3n) is 3.55.